The minimum Gasteiger partial charge on any atom is -0.357 e. The van der Waals surface area contributed by atoms with Gasteiger partial charge < -0.3 is 5.32 Å². The molecule has 0 rings (SSSR count). The van der Waals surface area contributed by atoms with Gasteiger partial charge >= 0.3 is 0 Å². The maximum atomic E-state index is 7.03. The van der Waals surface area contributed by atoms with Gasteiger partial charge in [-0.05, 0) is 57.5 Å². The Kier molecular flexibility index (Phi) is 5.45. The van der Waals surface area contributed by atoms with Crippen molar-refractivity contribution in [1.29, 1.82) is 5.41 Å². The molecule has 0 bridgehead atoms. The van der Waals surface area contributed by atoms with Crippen molar-refractivity contribution in [3.8, 4) is 0 Å². The molecule has 0 atom stereocenters. The number of nitrogens with one attached hydrogen (secondary N) is 2. The van der Waals surface area contributed by atoms with Gasteiger partial charge in [-0.25, -0.2) is 0 Å². The number of rotatable bonds is 3. The fraction of sp³-hybridized carbons (Fsp3) is 0. The van der Waals surface area contributed by atoms with Gasteiger partial charge in [0.15, 0.2) is 0 Å². The summed E-state index contributed by atoms with van der Waals surface area (Å²) in [5.41, 5.74) is 0. The highest BCUT2D eigenvalue weighted by molar-refractivity contribution is 14.1. The molecule has 0 fully saturated rings. The fourth-order valence-corrected chi connectivity index (χ4v) is 1.69. The van der Waals surface area contributed by atoms with Crippen LogP contribution in [0.15, 0.2) is 22.6 Å². The van der Waals surface area contributed by atoms with E-state index in [1.165, 1.54) is 0 Å². The van der Waals surface area contributed by atoms with Crippen molar-refractivity contribution in [2.24, 2.45) is 0 Å². The Bertz CT molecular complexity index is 151. The van der Waals surface area contributed by atoms with Gasteiger partial charge in [0.05, 0.1) is 7.42 Å². The zero-order valence-corrected chi connectivity index (χ0v) is 8.93. The minimum absolute atomic E-state index is 0.506. The molecule has 0 saturated heterocycles. The Labute approximate surface area is 81.6 Å². The summed E-state index contributed by atoms with van der Waals surface area (Å²) in [6.45, 7) is 3.48. The lowest BCUT2D eigenvalue weighted by Gasteiger charge is -1.93. The van der Waals surface area contributed by atoms with Crippen molar-refractivity contribution in [1.82, 2.24) is 5.32 Å². The van der Waals surface area contributed by atoms with Gasteiger partial charge in [-0.15, -0.1) is 0 Å². The largest absolute Gasteiger partial charge is 0.357 e. The monoisotopic (exact) mass is 348 g/mol. The van der Waals surface area contributed by atoms with E-state index >= 15 is 0 Å². The summed E-state index contributed by atoms with van der Waals surface area (Å²) >= 11 is 4.02. The van der Waals surface area contributed by atoms with E-state index in [1.807, 2.05) is 22.6 Å². The van der Waals surface area contributed by atoms with E-state index in [0.29, 0.717) is 3.72 Å². The molecule has 0 aromatic carbocycles. The summed E-state index contributed by atoms with van der Waals surface area (Å²) in [5.74, 6) is 0. The quantitative estimate of drug-likeness (QED) is 0.459. The van der Waals surface area contributed by atoms with Gasteiger partial charge in [-0.1, -0.05) is 6.58 Å². The smallest absolute Gasteiger partial charge is 0.0945 e. The molecule has 0 heterocycles. The topological polar surface area (TPSA) is 35.9 Å². The zero-order chi connectivity index (χ0) is 7.28. The molecular formula is C5H6I2N2. The standard InChI is InChI=1S/C5H6I2N2/c1-2-9-5(7)3-4(6)8/h2-3,8-9H,1H2. The highest BCUT2D eigenvalue weighted by Crippen LogP contribution is 2.02. The van der Waals surface area contributed by atoms with Crippen molar-refractivity contribution < 1.29 is 0 Å². The number of allylic oxidation sites excluding steroid dienone is 1. The lowest BCUT2D eigenvalue weighted by Crippen LogP contribution is -1.97. The van der Waals surface area contributed by atoms with Gasteiger partial charge in [0.2, 0.25) is 0 Å². The maximum Gasteiger partial charge on any atom is 0.0945 e. The Morgan fingerprint density at radius 3 is 2.44 bits per heavy atom. The molecule has 2 N–H and O–H groups in total. The van der Waals surface area contributed by atoms with Gasteiger partial charge in [0.1, 0.15) is 0 Å². The second-order valence-corrected chi connectivity index (χ2v) is 3.51. The Morgan fingerprint density at radius 1 is 1.56 bits per heavy atom. The van der Waals surface area contributed by atoms with Crippen LogP contribution in [0.4, 0.5) is 0 Å². The third-order valence-electron chi connectivity index (χ3n) is 0.493. The molecule has 50 valence electrons. The van der Waals surface area contributed by atoms with Crippen LogP contribution in [-0.2, 0) is 0 Å². The molecule has 0 spiro atoms. The summed E-state index contributed by atoms with van der Waals surface area (Å²) in [6, 6.07) is 0. The molecule has 9 heavy (non-hydrogen) atoms. The van der Waals surface area contributed by atoms with Crippen LogP contribution in [0, 0.1) is 5.41 Å². The number of halogens is 2. The number of hydrogen-bond acceptors (Lipinski definition) is 2. The second kappa shape index (κ2) is 5.21. The van der Waals surface area contributed by atoms with Crippen molar-refractivity contribution in [2.75, 3.05) is 0 Å². The summed E-state index contributed by atoms with van der Waals surface area (Å²) in [6.07, 6.45) is 3.29. The van der Waals surface area contributed by atoms with Gasteiger partial charge in [0, 0.05) is 0 Å². The van der Waals surface area contributed by atoms with E-state index in [2.05, 4.69) is 34.5 Å². The van der Waals surface area contributed by atoms with Crippen LogP contribution in [0.2, 0.25) is 0 Å². The predicted octanol–water partition coefficient (Wildman–Crippen LogP) is 2.41. The average Bonchev–Trinajstić information content (AvgIpc) is 1.63. The van der Waals surface area contributed by atoms with Crippen molar-refractivity contribution >= 4 is 48.9 Å². The van der Waals surface area contributed by atoms with Crippen LogP contribution in [0.1, 0.15) is 0 Å². The van der Waals surface area contributed by atoms with E-state index < -0.39 is 0 Å². The summed E-state index contributed by atoms with van der Waals surface area (Å²) < 4.78 is 1.41. The van der Waals surface area contributed by atoms with E-state index in [4.69, 9.17) is 5.41 Å². The summed E-state index contributed by atoms with van der Waals surface area (Å²) in [7, 11) is 0. The van der Waals surface area contributed by atoms with Crippen LogP contribution in [0.5, 0.6) is 0 Å². The highest BCUT2D eigenvalue weighted by Gasteiger charge is 1.85. The first-order valence-corrected chi connectivity index (χ1v) is 4.31. The molecule has 0 aromatic rings. The number of hydrogen-bond donors (Lipinski definition) is 2. The van der Waals surface area contributed by atoms with Crippen LogP contribution < -0.4 is 5.32 Å². The first-order chi connectivity index (χ1) is 4.16. The lowest BCUT2D eigenvalue weighted by molar-refractivity contribution is 1.19. The maximum absolute atomic E-state index is 7.03. The molecule has 0 aliphatic carbocycles. The zero-order valence-electron chi connectivity index (χ0n) is 4.62. The van der Waals surface area contributed by atoms with Crippen molar-refractivity contribution in [3.63, 3.8) is 0 Å². The van der Waals surface area contributed by atoms with E-state index in [-0.39, 0.29) is 0 Å². The second-order valence-electron chi connectivity index (χ2n) is 1.19. The van der Waals surface area contributed by atoms with Crippen molar-refractivity contribution in [3.05, 3.63) is 22.6 Å². The van der Waals surface area contributed by atoms with E-state index in [0.717, 1.165) is 3.70 Å². The minimum atomic E-state index is 0.506. The molecule has 0 saturated carbocycles. The molecule has 0 aliphatic heterocycles. The van der Waals surface area contributed by atoms with Gasteiger partial charge in [0.25, 0.3) is 0 Å². The summed E-state index contributed by atoms with van der Waals surface area (Å²) in [5, 5.41) is 9.88. The van der Waals surface area contributed by atoms with E-state index in [1.54, 1.807) is 12.3 Å². The first kappa shape index (κ1) is 9.41. The highest BCUT2D eigenvalue weighted by atomic mass is 127. The molecular weight excluding hydrogens is 342 g/mol. The van der Waals surface area contributed by atoms with Gasteiger partial charge in [-0.2, -0.15) is 0 Å². The summed E-state index contributed by atoms with van der Waals surface area (Å²) in [4.78, 5) is 0. The van der Waals surface area contributed by atoms with Crippen LogP contribution in [0.3, 0.4) is 0 Å². The third kappa shape index (κ3) is 6.29. The molecule has 0 amide bonds. The van der Waals surface area contributed by atoms with Crippen LogP contribution in [0.25, 0.3) is 0 Å². The molecule has 4 heteroatoms. The molecule has 0 radical (unpaired) electrons. The SMILES string of the molecule is C=CNC(I)=CC(=N)I. The Balaban J connectivity index is 3.83. The van der Waals surface area contributed by atoms with Gasteiger partial charge in [-0.3, -0.25) is 5.41 Å². The van der Waals surface area contributed by atoms with Crippen LogP contribution >= 0.6 is 45.2 Å². The van der Waals surface area contributed by atoms with Crippen LogP contribution in [-0.4, -0.2) is 3.72 Å². The Morgan fingerprint density at radius 2 is 2.11 bits per heavy atom. The molecule has 0 aliphatic rings. The molecule has 0 unspecified atom stereocenters. The van der Waals surface area contributed by atoms with E-state index in [9.17, 15) is 0 Å². The normalized spacial score (nSPS) is 10.7. The lowest BCUT2D eigenvalue weighted by atomic mass is 10.6. The molecule has 2 nitrogen and oxygen atoms in total. The van der Waals surface area contributed by atoms with Crippen molar-refractivity contribution in [2.45, 2.75) is 0 Å². The Hall–Kier alpha value is 0.410. The third-order valence-corrected chi connectivity index (χ3v) is 1.43. The first-order valence-electron chi connectivity index (χ1n) is 2.15. The average molecular weight is 348 g/mol. The predicted molar refractivity (Wildman–Crippen MR) is 57.2 cm³/mol. The fourth-order valence-electron chi connectivity index (χ4n) is 0.250. The molecule has 0 aromatic heterocycles.